The van der Waals surface area contributed by atoms with Crippen LogP contribution >= 0.6 is 0 Å². The number of carbonyl (C=O) groups excluding carboxylic acids is 2. The van der Waals surface area contributed by atoms with Gasteiger partial charge in [0, 0.05) is 13.1 Å². The minimum atomic E-state index is -1.12. The van der Waals surface area contributed by atoms with Gasteiger partial charge < -0.3 is 14.7 Å². The van der Waals surface area contributed by atoms with Gasteiger partial charge in [-0.2, -0.15) is 0 Å². The second-order valence-electron chi connectivity index (χ2n) is 6.89. The molecule has 0 saturated heterocycles. The first-order valence-corrected chi connectivity index (χ1v) is 9.02. The molecule has 1 fully saturated rings. The number of benzene rings is 1. The zero-order valence-corrected chi connectivity index (χ0v) is 14.9. The van der Waals surface area contributed by atoms with Crippen molar-refractivity contribution in [3.05, 3.63) is 24.3 Å². The number of fused-ring (bicyclic) bond motifs is 1. The van der Waals surface area contributed by atoms with E-state index in [1.54, 1.807) is 36.2 Å². The Bertz CT molecular complexity index is 699. The van der Waals surface area contributed by atoms with Gasteiger partial charge in [-0.05, 0) is 25.0 Å². The molecule has 1 aliphatic carbocycles. The highest BCUT2D eigenvalue weighted by Gasteiger charge is 2.37. The monoisotopic (exact) mass is 360 g/mol. The van der Waals surface area contributed by atoms with Crippen molar-refractivity contribution in [2.24, 2.45) is 0 Å². The number of hydrogen-bond acceptors (Lipinski definition) is 4. The zero-order chi connectivity index (χ0) is 18.7. The number of anilines is 1. The number of aliphatic carboxylic acids is 1. The van der Waals surface area contributed by atoms with Crippen LogP contribution in [0.5, 0.6) is 5.75 Å². The first kappa shape index (κ1) is 18.2. The number of ether oxygens (including phenoxy) is 1. The van der Waals surface area contributed by atoms with Gasteiger partial charge in [0.2, 0.25) is 5.91 Å². The molecule has 1 heterocycles. The molecule has 26 heavy (non-hydrogen) atoms. The summed E-state index contributed by atoms with van der Waals surface area (Å²) in [7, 11) is 1.78. The lowest BCUT2D eigenvalue weighted by atomic mass is 9.94. The topological polar surface area (TPSA) is 87.2 Å². The van der Waals surface area contributed by atoms with E-state index in [0.717, 1.165) is 25.7 Å². The number of para-hydroxylation sites is 2. The van der Waals surface area contributed by atoms with Crippen LogP contribution in [0.25, 0.3) is 0 Å². The van der Waals surface area contributed by atoms with Crippen molar-refractivity contribution in [3.63, 3.8) is 0 Å². The molecule has 140 valence electrons. The van der Waals surface area contributed by atoms with Crippen molar-refractivity contribution in [3.8, 4) is 5.75 Å². The largest absolute Gasteiger partial charge is 0.481 e. The van der Waals surface area contributed by atoms with Crippen LogP contribution in [0.1, 0.15) is 38.5 Å². The van der Waals surface area contributed by atoms with Crippen molar-refractivity contribution >= 4 is 23.5 Å². The maximum atomic E-state index is 12.8. The normalized spacial score (nSPS) is 20.3. The molecule has 1 aromatic carbocycles. The number of likely N-dealkylation sites (N-methyl/N-ethyl adjacent to an activating group) is 1. The molecule has 1 unspecified atom stereocenters. The van der Waals surface area contributed by atoms with Gasteiger partial charge in [0.15, 0.2) is 6.10 Å². The molecule has 2 amide bonds. The van der Waals surface area contributed by atoms with Crippen LogP contribution in [0.15, 0.2) is 24.3 Å². The Balaban J connectivity index is 1.78. The molecule has 0 spiro atoms. The smallest absolute Gasteiger partial charge is 0.307 e. The van der Waals surface area contributed by atoms with Gasteiger partial charge in [-0.3, -0.25) is 19.3 Å². The van der Waals surface area contributed by atoms with E-state index in [1.165, 1.54) is 11.3 Å². The molecule has 3 rings (SSSR count). The van der Waals surface area contributed by atoms with Crippen LogP contribution < -0.4 is 9.64 Å². The lowest BCUT2D eigenvalue weighted by molar-refractivity contribution is -0.142. The molecule has 0 bridgehead atoms. The molecule has 1 N–H and O–H groups in total. The van der Waals surface area contributed by atoms with E-state index in [1.807, 2.05) is 0 Å². The highest BCUT2D eigenvalue weighted by atomic mass is 16.5. The van der Waals surface area contributed by atoms with Crippen LogP contribution in [0.4, 0.5) is 5.69 Å². The third-order valence-electron chi connectivity index (χ3n) is 5.14. The number of carboxylic acid groups (broad SMARTS) is 1. The highest BCUT2D eigenvalue weighted by molar-refractivity contribution is 6.04. The van der Waals surface area contributed by atoms with E-state index in [0.29, 0.717) is 11.4 Å². The van der Waals surface area contributed by atoms with Crippen molar-refractivity contribution < 1.29 is 24.2 Å². The molecule has 0 aromatic heterocycles. The van der Waals surface area contributed by atoms with Crippen LogP contribution in [0, 0.1) is 0 Å². The average Bonchev–Trinajstić information content (AvgIpc) is 2.64. The summed E-state index contributed by atoms with van der Waals surface area (Å²) in [5, 5.41) is 9.03. The van der Waals surface area contributed by atoms with Gasteiger partial charge in [0.25, 0.3) is 5.91 Å². The lowest BCUT2D eigenvalue weighted by Crippen LogP contribution is -2.52. The molecular formula is C19H24N2O5. The van der Waals surface area contributed by atoms with E-state index >= 15 is 0 Å². The second-order valence-corrected chi connectivity index (χ2v) is 6.89. The Kier molecular flexibility index (Phi) is 5.44. The molecule has 0 radical (unpaired) electrons. The van der Waals surface area contributed by atoms with E-state index < -0.39 is 24.4 Å². The van der Waals surface area contributed by atoms with E-state index in [4.69, 9.17) is 9.84 Å². The van der Waals surface area contributed by atoms with Crippen LogP contribution in [0.2, 0.25) is 0 Å². The third-order valence-corrected chi connectivity index (χ3v) is 5.14. The summed E-state index contributed by atoms with van der Waals surface area (Å²) in [4.78, 5) is 39.6. The quantitative estimate of drug-likeness (QED) is 0.868. The number of carboxylic acids is 1. The lowest BCUT2D eigenvalue weighted by Gasteiger charge is -2.36. The molecule has 7 nitrogen and oxygen atoms in total. The fourth-order valence-electron chi connectivity index (χ4n) is 3.65. The van der Waals surface area contributed by atoms with E-state index in [2.05, 4.69) is 0 Å². The first-order valence-electron chi connectivity index (χ1n) is 9.02. The highest BCUT2D eigenvalue weighted by Crippen LogP contribution is 2.34. The minimum Gasteiger partial charge on any atom is -0.481 e. The number of nitrogens with zero attached hydrogens (tertiary/aromatic N) is 2. The Hall–Kier alpha value is -2.57. The van der Waals surface area contributed by atoms with Crippen LogP contribution in [-0.2, 0) is 14.4 Å². The number of hydrogen-bond donors (Lipinski definition) is 1. The Labute approximate surface area is 152 Å². The van der Waals surface area contributed by atoms with Crippen molar-refractivity contribution in [1.82, 2.24) is 4.90 Å². The summed E-state index contributed by atoms with van der Waals surface area (Å²) in [6, 6.07) is 7.10. The van der Waals surface area contributed by atoms with Crippen molar-refractivity contribution in [2.75, 3.05) is 18.5 Å². The summed E-state index contributed by atoms with van der Waals surface area (Å²) < 4.78 is 5.55. The number of rotatable bonds is 5. The van der Waals surface area contributed by atoms with Gasteiger partial charge in [0.05, 0.1) is 12.1 Å². The van der Waals surface area contributed by atoms with Gasteiger partial charge in [0.1, 0.15) is 12.3 Å². The molecule has 1 aliphatic heterocycles. The van der Waals surface area contributed by atoms with Crippen molar-refractivity contribution in [2.45, 2.75) is 50.7 Å². The Morgan fingerprint density at radius 1 is 1.23 bits per heavy atom. The summed E-state index contributed by atoms with van der Waals surface area (Å²) in [5.74, 6) is -1.33. The molecule has 1 atom stereocenters. The van der Waals surface area contributed by atoms with Gasteiger partial charge in [-0.1, -0.05) is 31.4 Å². The third kappa shape index (κ3) is 3.81. The maximum absolute atomic E-state index is 12.8. The van der Waals surface area contributed by atoms with E-state index in [9.17, 15) is 14.4 Å². The molecule has 2 aliphatic rings. The van der Waals surface area contributed by atoms with Crippen molar-refractivity contribution in [1.29, 1.82) is 0 Å². The summed E-state index contributed by atoms with van der Waals surface area (Å²) in [5.41, 5.74) is 0.504. The average molecular weight is 360 g/mol. The van der Waals surface area contributed by atoms with Gasteiger partial charge in [-0.15, -0.1) is 0 Å². The first-order chi connectivity index (χ1) is 12.5. The number of carbonyl (C=O) groups is 3. The maximum Gasteiger partial charge on any atom is 0.307 e. The predicted molar refractivity (Wildman–Crippen MR) is 95.1 cm³/mol. The Morgan fingerprint density at radius 3 is 2.62 bits per heavy atom. The Morgan fingerprint density at radius 2 is 1.92 bits per heavy atom. The van der Waals surface area contributed by atoms with E-state index in [-0.39, 0.29) is 18.5 Å². The SMILES string of the molecule is CN(C(=O)CN1C(=O)C(CC(=O)O)Oc2ccccc21)C1CCCCC1. The number of amides is 2. The summed E-state index contributed by atoms with van der Waals surface area (Å²) in [6.45, 7) is -0.109. The fraction of sp³-hybridized carbons (Fsp3) is 0.526. The fourth-order valence-corrected chi connectivity index (χ4v) is 3.65. The standard InChI is InChI=1S/C19H24N2O5/c1-20(13-7-3-2-4-8-13)17(22)12-21-14-9-5-6-10-15(14)26-16(19(21)25)11-18(23)24/h5-6,9-10,13,16H,2-4,7-8,11-12H2,1H3,(H,23,24). The van der Waals surface area contributed by atoms with Gasteiger partial charge >= 0.3 is 5.97 Å². The summed E-state index contributed by atoms with van der Waals surface area (Å²) in [6.07, 6.45) is 3.84. The predicted octanol–water partition coefficient (Wildman–Crippen LogP) is 2.05. The summed E-state index contributed by atoms with van der Waals surface area (Å²) >= 11 is 0. The minimum absolute atomic E-state index is 0.109. The molecule has 1 saturated carbocycles. The van der Waals surface area contributed by atoms with Gasteiger partial charge in [-0.25, -0.2) is 0 Å². The second kappa shape index (κ2) is 7.76. The van der Waals surface area contributed by atoms with Crippen LogP contribution in [-0.4, -0.2) is 53.5 Å². The van der Waals surface area contributed by atoms with Crippen LogP contribution in [0.3, 0.4) is 0 Å². The molecular weight excluding hydrogens is 336 g/mol. The molecule has 7 heteroatoms. The zero-order valence-electron chi connectivity index (χ0n) is 14.9. The molecule has 1 aromatic rings.